The van der Waals surface area contributed by atoms with E-state index in [9.17, 15) is 4.79 Å². The van der Waals surface area contributed by atoms with E-state index in [2.05, 4.69) is 15.0 Å². The van der Waals surface area contributed by atoms with Crippen LogP contribution in [0.2, 0.25) is 0 Å². The van der Waals surface area contributed by atoms with Crippen LogP contribution in [0.15, 0.2) is 41.8 Å². The van der Waals surface area contributed by atoms with Crippen molar-refractivity contribution in [1.29, 1.82) is 0 Å². The van der Waals surface area contributed by atoms with Gasteiger partial charge in [0.2, 0.25) is 0 Å². The van der Waals surface area contributed by atoms with Crippen LogP contribution in [0.4, 0.5) is 0 Å². The molecule has 0 radical (unpaired) electrons. The standard InChI is InChI=1S/C18H21N3O2/c1-23-18-4-2-13(3-5-18)14-8-16(10-17(22)9-14)20-7-6-15-11-19-12-21-15/h2-5,11-12,14H,6-10H2,1H3,(H,19,21)/t14-/m1/s1. The van der Waals surface area contributed by atoms with Gasteiger partial charge in [0.15, 0.2) is 0 Å². The summed E-state index contributed by atoms with van der Waals surface area (Å²) in [5.41, 5.74) is 3.27. The van der Waals surface area contributed by atoms with Crippen LogP contribution in [0, 0.1) is 0 Å². The largest absolute Gasteiger partial charge is 0.497 e. The summed E-state index contributed by atoms with van der Waals surface area (Å²) in [6, 6.07) is 7.99. The van der Waals surface area contributed by atoms with Gasteiger partial charge in [0.25, 0.3) is 0 Å². The van der Waals surface area contributed by atoms with Crippen molar-refractivity contribution in [3.8, 4) is 5.75 Å². The molecular formula is C18H21N3O2. The Balaban J connectivity index is 1.64. The smallest absolute Gasteiger partial charge is 0.139 e. The molecule has 0 aliphatic heterocycles. The molecule has 0 saturated heterocycles. The minimum absolute atomic E-state index is 0.230. The Kier molecular flexibility index (Phi) is 4.86. The number of hydrogen-bond acceptors (Lipinski definition) is 4. The van der Waals surface area contributed by atoms with E-state index in [1.807, 2.05) is 30.5 Å². The molecule has 5 nitrogen and oxygen atoms in total. The highest BCUT2D eigenvalue weighted by molar-refractivity contribution is 6.05. The minimum Gasteiger partial charge on any atom is -0.497 e. The Morgan fingerprint density at radius 1 is 1.30 bits per heavy atom. The van der Waals surface area contributed by atoms with Gasteiger partial charge in [0.05, 0.1) is 13.4 Å². The number of Topliss-reactive ketones (excluding diaryl/α,β-unsaturated/α-hetero) is 1. The molecule has 0 unspecified atom stereocenters. The predicted molar refractivity (Wildman–Crippen MR) is 89.2 cm³/mol. The quantitative estimate of drug-likeness (QED) is 0.923. The summed E-state index contributed by atoms with van der Waals surface area (Å²) >= 11 is 0. The number of aromatic nitrogens is 2. The van der Waals surface area contributed by atoms with Crippen LogP contribution in [0.25, 0.3) is 0 Å². The molecule has 1 aromatic carbocycles. The lowest BCUT2D eigenvalue weighted by molar-refractivity contribution is -0.118. The van der Waals surface area contributed by atoms with Crippen molar-refractivity contribution in [3.63, 3.8) is 0 Å². The number of carbonyl (C=O) groups excluding carboxylic acids is 1. The summed E-state index contributed by atoms with van der Waals surface area (Å²) in [5, 5.41) is 0. The number of methoxy groups -OCH3 is 1. The second-order valence-corrected chi connectivity index (χ2v) is 5.87. The number of aromatic amines is 1. The molecule has 1 aromatic heterocycles. The van der Waals surface area contributed by atoms with Gasteiger partial charge in [-0.1, -0.05) is 12.1 Å². The van der Waals surface area contributed by atoms with E-state index in [-0.39, 0.29) is 11.7 Å². The topological polar surface area (TPSA) is 67.3 Å². The minimum atomic E-state index is 0.230. The molecule has 0 bridgehead atoms. The summed E-state index contributed by atoms with van der Waals surface area (Å²) in [4.78, 5) is 23.8. The van der Waals surface area contributed by atoms with Crippen LogP contribution in [0.5, 0.6) is 5.75 Å². The van der Waals surface area contributed by atoms with Crippen molar-refractivity contribution in [2.24, 2.45) is 4.99 Å². The average Bonchev–Trinajstić information content (AvgIpc) is 3.08. The van der Waals surface area contributed by atoms with Crippen molar-refractivity contribution < 1.29 is 9.53 Å². The van der Waals surface area contributed by atoms with Crippen LogP contribution < -0.4 is 4.74 Å². The number of nitrogens with zero attached hydrogens (tertiary/aromatic N) is 2. The number of H-pyrrole nitrogens is 1. The van der Waals surface area contributed by atoms with Gasteiger partial charge in [0.1, 0.15) is 11.5 Å². The first-order valence-electron chi connectivity index (χ1n) is 7.89. The third-order valence-corrected chi connectivity index (χ3v) is 4.22. The van der Waals surface area contributed by atoms with Crippen molar-refractivity contribution >= 4 is 11.5 Å². The maximum absolute atomic E-state index is 12.1. The van der Waals surface area contributed by atoms with Crippen LogP contribution >= 0.6 is 0 Å². The molecule has 1 saturated carbocycles. The fraction of sp³-hybridized carbons (Fsp3) is 0.389. The Morgan fingerprint density at radius 3 is 2.83 bits per heavy atom. The van der Waals surface area contributed by atoms with E-state index >= 15 is 0 Å². The Morgan fingerprint density at radius 2 is 2.13 bits per heavy atom. The van der Waals surface area contributed by atoms with Gasteiger partial charge in [-0.15, -0.1) is 0 Å². The van der Waals surface area contributed by atoms with Crippen molar-refractivity contribution in [1.82, 2.24) is 9.97 Å². The van der Waals surface area contributed by atoms with Gasteiger partial charge in [-0.2, -0.15) is 0 Å². The monoisotopic (exact) mass is 311 g/mol. The third-order valence-electron chi connectivity index (χ3n) is 4.22. The first kappa shape index (κ1) is 15.5. The number of aliphatic imine (C=N–C) groups is 1. The first-order chi connectivity index (χ1) is 11.2. The van der Waals surface area contributed by atoms with E-state index in [0.717, 1.165) is 30.0 Å². The van der Waals surface area contributed by atoms with Crippen LogP contribution in [0.1, 0.15) is 36.4 Å². The lowest BCUT2D eigenvalue weighted by Crippen LogP contribution is -2.22. The Labute approximate surface area is 135 Å². The number of benzene rings is 1. The number of nitrogens with one attached hydrogen (secondary N) is 1. The van der Waals surface area contributed by atoms with E-state index < -0.39 is 0 Å². The van der Waals surface area contributed by atoms with Gasteiger partial charge in [0, 0.05) is 43.4 Å². The van der Waals surface area contributed by atoms with Crippen molar-refractivity contribution in [3.05, 3.63) is 48.0 Å². The average molecular weight is 311 g/mol. The molecular weight excluding hydrogens is 290 g/mol. The van der Waals surface area contributed by atoms with Gasteiger partial charge >= 0.3 is 0 Å². The Bertz CT molecular complexity index is 675. The zero-order valence-corrected chi connectivity index (χ0v) is 13.3. The molecule has 23 heavy (non-hydrogen) atoms. The fourth-order valence-electron chi connectivity index (χ4n) is 2.99. The molecule has 1 aliphatic rings. The summed E-state index contributed by atoms with van der Waals surface area (Å²) in [5.74, 6) is 1.34. The van der Waals surface area contributed by atoms with Gasteiger partial charge in [-0.25, -0.2) is 4.98 Å². The molecule has 2 aromatic rings. The maximum Gasteiger partial charge on any atom is 0.139 e. The normalized spacial score (nSPS) is 20.0. The van der Waals surface area contributed by atoms with Crippen LogP contribution in [-0.2, 0) is 11.2 Å². The van der Waals surface area contributed by atoms with Gasteiger partial charge < -0.3 is 9.72 Å². The number of rotatable bonds is 5. The highest BCUT2D eigenvalue weighted by atomic mass is 16.5. The fourth-order valence-corrected chi connectivity index (χ4v) is 2.99. The molecule has 1 atom stereocenters. The number of imidazole rings is 1. The zero-order chi connectivity index (χ0) is 16.1. The Hall–Kier alpha value is -2.43. The molecule has 0 amide bonds. The SMILES string of the molecule is COc1ccc([C@H]2CC(=O)CC(=NCCc3cnc[nH]3)C2)cc1. The molecule has 0 spiro atoms. The van der Waals surface area contributed by atoms with Crippen molar-refractivity contribution in [2.45, 2.75) is 31.6 Å². The summed E-state index contributed by atoms with van der Waals surface area (Å²) < 4.78 is 5.19. The predicted octanol–water partition coefficient (Wildman–Crippen LogP) is 2.94. The second-order valence-electron chi connectivity index (χ2n) is 5.87. The summed E-state index contributed by atoms with van der Waals surface area (Å²) in [7, 11) is 1.66. The second kappa shape index (κ2) is 7.22. The van der Waals surface area contributed by atoms with Crippen LogP contribution in [0.3, 0.4) is 0 Å². The van der Waals surface area contributed by atoms with E-state index in [1.54, 1.807) is 13.4 Å². The molecule has 1 aliphatic carbocycles. The van der Waals surface area contributed by atoms with E-state index in [1.165, 1.54) is 5.56 Å². The lowest BCUT2D eigenvalue weighted by Gasteiger charge is -2.23. The third kappa shape index (κ3) is 4.06. The molecule has 5 heteroatoms. The number of ether oxygens (including phenoxy) is 1. The lowest BCUT2D eigenvalue weighted by atomic mass is 9.82. The number of hydrogen-bond donors (Lipinski definition) is 1. The number of carbonyl (C=O) groups is 1. The molecule has 3 rings (SSSR count). The van der Waals surface area contributed by atoms with Gasteiger partial charge in [-0.05, 0) is 30.0 Å². The zero-order valence-electron chi connectivity index (χ0n) is 13.3. The highest BCUT2D eigenvalue weighted by Gasteiger charge is 2.25. The molecule has 1 heterocycles. The number of ketones is 1. The van der Waals surface area contributed by atoms with Crippen molar-refractivity contribution in [2.75, 3.05) is 13.7 Å². The summed E-state index contributed by atoms with van der Waals surface area (Å²) in [6.07, 6.45) is 6.27. The molecule has 1 N–H and O–H groups in total. The molecule has 1 fully saturated rings. The summed E-state index contributed by atoms with van der Waals surface area (Å²) in [6.45, 7) is 0.695. The molecule has 120 valence electrons. The maximum atomic E-state index is 12.1. The van der Waals surface area contributed by atoms with E-state index in [4.69, 9.17) is 4.74 Å². The van der Waals surface area contributed by atoms with Gasteiger partial charge in [-0.3, -0.25) is 9.79 Å². The highest BCUT2D eigenvalue weighted by Crippen LogP contribution is 2.30. The van der Waals surface area contributed by atoms with E-state index in [0.29, 0.717) is 19.4 Å². The van der Waals surface area contributed by atoms with Crippen LogP contribution in [-0.4, -0.2) is 35.1 Å². The first-order valence-corrected chi connectivity index (χ1v) is 7.89.